The van der Waals surface area contributed by atoms with Gasteiger partial charge in [-0.15, -0.1) is 0 Å². The molecule has 0 unspecified atom stereocenters. The Morgan fingerprint density at radius 2 is 1.52 bits per heavy atom. The molecule has 0 aromatic heterocycles. The van der Waals surface area contributed by atoms with Gasteiger partial charge in [0.25, 0.3) is 5.91 Å². The number of hydrogen-bond donors (Lipinski definition) is 2. The van der Waals surface area contributed by atoms with Crippen molar-refractivity contribution in [2.24, 2.45) is 0 Å². The van der Waals surface area contributed by atoms with Gasteiger partial charge in [-0.25, -0.2) is 0 Å². The summed E-state index contributed by atoms with van der Waals surface area (Å²) in [6, 6.07) is 26.3. The molecule has 0 saturated carbocycles. The number of hydrogen-bond acceptors (Lipinski definition) is 3. The van der Waals surface area contributed by atoms with Crippen LogP contribution in [0.25, 0.3) is 6.08 Å². The average molecular weight is 430 g/mol. The fourth-order valence-electron chi connectivity index (χ4n) is 2.91. The maximum absolute atomic E-state index is 12.8. The van der Waals surface area contributed by atoms with Gasteiger partial charge in [-0.1, -0.05) is 72.8 Å². The second-order valence-corrected chi connectivity index (χ2v) is 7.17. The molecule has 0 aliphatic rings. The van der Waals surface area contributed by atoms with E-state index in [4.69, 9.17) is 12.2 Å². The van der Waals surface area contributed by atoms with Crippen molar-refractivity contribution in [3.8, 4) is 0 Å². The lowest BCUT2D eigenvalue weighted by Gasteiger charge is -2.22. The van der Waals surface area contributed by atoms with E-state index in [1.54, 1.807) is 36.2 Å². The summed E-state index contributed by atoms with van der Waals surface area (Å²) >= 11 is 5.38. The molecule has 3 aromatic rings. The molecule has 0 fully saturated rings. The van der Waals surface area contributed by atoms with E-state index < -0.39 is 0 Å². The minimum absolute atomic E-state index is 0.200. The molecule has 0 aliphatic heterocycles. The summed E-state index contributed by atoms with van der Waals surface area (Å²) < 4.78 is 0. The van der Waals surface area contributed by atoms with Gasteiger partial charge in [0, 0.05) is 19.7 Å². The number of carbonyl (C=O) groups is 2. The molecule has 0 spiro atoms. The fraction of sp³-hybridized carbons (Fsp3) is 0.0800. The predicted octanol–water partition coefficient (Wildman–Crippen LogP) is 4.17. The molecule has 0 heterocycles. The van der Waals surface area contributed by atoms with Crippen LogP contribution in [-0.4, -0.2) is 24.0 Å². The Morgan fingerprint density at radius 1 is 0.903 bits per heavy atom. The number of anilines is 1. The van der Waals surface area contributed by atoms with E-state index in [9.17, 15) is 9.59 Å². The summed E-state index contributed by atoms with van der Waals surface area (Å²) in [5.41, 5.74) is 3.00. The Bertz CT molecular complexity index is 1080. The largest absolute Gasteiger partial charge is 0.348 e. The predicted molar refractivity (Wildman–Crippen MR) is 129 cm³/mol. The lowest BCUT2D eigenvalue weighted by atomic mass is 10.1. The fourth-order valence-corrected chi connectivity index (χ4v) is 3.11. The smallest absolute Gasteiger partial charge is 0.253 e. The zero-order chi connectivity index (χ0) is 22.1. The molecular formula is C25H23N3O2S. The van der Waals surface area contributed by atoms with Crippen molar-refractivity contribution in [2.75, 3.05) is 11.9 Å². The molecule has 3 rings (SSSR count). The van der Waals surface area contributed by atoms with Crippen LogP contribution in [0.2, 0.25) is 0 Å². The maximum atomic E-state index is 12.8. The zero-order valence-corrected chi connectivity index (χ0v) is 17.9. The van der Waals surface area contributed by atoms with Crippen LogP contribution in [0.1, 0.15) is 21.5 Å². The van der Waals surface area contributed by atoms with Gasteiger partial charge in [0.05, 0.1) is 11.3 Å². The molecule has 0 aliphatic carbocycles. The lowest BCUT2D eigenvalue weighted by molar-refractivity contribution is -0.115. The normalized spacial score (nSPS) is 10.5. The van der Waals surface area contributed by atoms with E-state index in [0.717, 1.165) is 11.1 Å². The summed E-state index contributed by atoms with van der Waals surface area (Å²) in [5, 5.41) is 5.79. The van der Waals surface area contributed by atoms with Crippen molar-refractivity contribution in [3.05, 3.63) is 108 Å². The Kier molecular flexibility index (Phi) is 7.67. The minimum Gasteiger partial charge on any atom is -0.348 e. The SMILES string of the molecule is CN(C(=S)NC(=O)/C=C/c1ccccc1)c1ccccc1C(=O)NCc1ccccc1. The number of para-hydroxylation sites is 1. The second-order valence-electron chi connectivity index (χ2n) is 6.78. The summed E-state index contributed by atoms with van der Waals surface area (Å²) in [5.74, 6) is -0.559. The van der Waals surface area contributed by atoms with Gasteiger partial charge in [0.2, 0.25) is 5.91 Å². The van der Waals surface area contributed by atoms with Crippen molar-refractivity contribution in [1.29, 1.82) is 0 Å². The van der Waals surface area contributed by atoms with Crippen LogP contribution in [0, 0.1) is 0 Å². The summed E-state index contributed by atoms with van der Waals surface area (Å²) in [6.45, 7) is 0.420. The lowest BCUT2D eigenvalue weighted by Crippen LogP contribution is -2.40. The highest BCUT2D eigenvalue weighted by Crippen LogP contribution is 2.19. The number of benzene rings is 3. The van der Waals surface area contributed by atoms with Gasteiger partial charge in [-0.3, -0.25) is 14.9 Å². The quantitative estimate of drug-likeness (QED) is 0.456. The van der Waals surface area contributed by atoms with Crippen LogP contribution >= 0.6 is 12.2 Å². The first-order chi connectivity index (χ1) is 15.0. The summed E-state index contributed by atoms with van der Waals surface area (Å²) in [7, 11) is 1.72. The van der Waals surface area contributed by atoms with E-state index in [2.05, 4.69) is 10.6 Å². The zero-order valence-electron chi connectivity index (χ0n) is 17.1. The van der Waals surface area contributed by atoms with E-state index in [1.165, 1.54) is 6.08 Å². The Balaban J connectivity index is 1.64. The number of amides is 2. The third-order valence-corrected chi connectivity index (χ3v) is 4.94. The van der Waals surface area contributed by atoms with Gasteiger partial charge >= 0.3 is 0 Å². The van der Waals surface area contributed by atoms with E-state index in [0.29, 0.717) is 17.8 Å². The van der Waals surface area contributed by atoms with Gasteiger partial charge < -0.3 is 10.2 Å². The molecule has 0 bridgehead atoms. The van der Waals surface area contributed by atoms with Crippen LogP contribution in [0.4, 0.5) is 5.69 Å². The van der Waals surface area contributed by atoms with Gasteiger partial charge in [0.1, 0.15) is 0 Å². The minimum atomic E-state index is -0.341. The monoisotopic (exact) mass is 429 g/mol. The highest BCUT2D eigenvalue weighted by atomic mass is 32.1. The Hall–Kier alpha value is -3.77. The molecule has 0 radical (unpaired) electrons. The molecule has 156 valence electrons. The van der Waals surface area contributed by atoms with Gasteiger partial charge in [-0.05, 0) is 41.6 Å². The van der Waals surface area contributed by atoms with Crippen LogP contribution in [0.5, 0.6) is 0 Å². The number of rotatable bonds is 6. The number of carbonyl (C=O) groups excluding carboxylic acids is 2. The third kappa shape index (κ3) is 6.35. The molecule has 2 N–H and O–H groups in total. The summed E-state index contributed by atoms with van der Waals surface area (Å²) in [6.07, 6.45) is 3.14. The number of nitrogens with zero attached hydrogens (tertiary/aromatic N) is 1. The van der Waals surface area contributed by atoms with Crippen LogP contribution in [0.3, 0.4) is 0 Å². The molecule has 2 amide bonds. The van der Waals surface area contributed by atoms with Crippen molar-refractivity contribution in [1.82, 2.24) is 10.6 Å². The first-order valence-electron chi connectivity index (χ1n) is 9.77. The molecule has 3 aromatic carbocycles. The number of nitrogens with one attached hydrogen (secondary N) is 2. The molecule has 5 nitrogen and oxygen atoms in total. The second kappa shape index (κ2) is 10.8. The van der Waals surface area contributed by atoms with E-state index in [1.807, 2.05) is 66.7 Å². The summed E-state index contributed by atoms with van der Waals surface area (Å²) in [4.78, 5) is 26.6. The van der Waals surface area contributed by atoms with Crippen molar-refractivity contribution in [2.45, 2.75) is 6.54 Å². The van der Waals surface area contributed by atoms with E-state index >= 15 is 0 Å². The maximum Gasteiger partial charge on any atom is 0.253 e. The topological polar surface area (TPSA) is 61.4 Å². The highest BCUT2D eigenvalue weighted by Gasteiger charge is 2.17. The first kappa shape index (κ1) is 21.9. The van der Waals surface area contributed by atoms with Crippen molar-refractivity contribution < 1.29 is 9.59 Å². The molecule has 0 saturated heterocycles. The molecule has 31 heavy (non-hydrogen) atoms. The van der Waals surface area contributed by atoms with Crippen molar-refractivity contribution in [3.63, 3.8) is 0 Å². The van der Waals surface area contributed by atoms with Crippen molar-refractivity contribution >= 4 is 40.9 Å². The standard InChI is InChI=1S/C25H23N3O2S/c1-28(25(31)27-23(29)17-16-19-10-4-2-5-11-19)22-15-9-8-14-21(22)24(30)26-18-20-12-6-3-7-13-20/h2-17H,18H2,1H3,(H,26,30)(H,27,29,31)/b17-16+. The number of thiocarbonyl (C=S) groups is 1. The first-order valence-corrected chi connectivity index (χ1v) is 10.2. The average Bonchev–Trinajstić information content (AvgIpc) is 2.82. The third-order valence-electron chi connectivity index (χ3n) is 4.57. The van der Waals surface area contributed by atoms with Crippen LogP contribution < -0.4 is 15.5 Å². The Morgan fingerprint density at radius 3 is 2.23 bits per heavy atom. The van der Waals surface area contributed by atoms with Crippen LogP contribution in [-0.2, 0) is 11.3 Å². The molecular weight excluding hydrogens is 406 g/mol. The molecule has 0 atom stereocenters. The highest BCUT2D eigenvalue weighted by molar-refractivity contribution is 7.80. The van der Waals surface area contributed by atoms with Gasteiger partial charge in [-0.2, -0.15) is 0 Å². The van der Waals surface area contributed by atoms with Gasteiger partial charge in [0.15, 0.2) is 5.11 Å². The Labute approximate surface area is 187 Å². The van der Waals surface area contributed by atoms with E-state index in [-0.39, 0.29) is 16.9 Å². The molecule has 6 heteroatoms. The van der Waals surface area contributed by atoms with Crippen LogP contribution in [0.15, 0.2) is 91.0 Å².